The molecule has 0 heterocycles. The smallest absolute Gasteiger partial charge is 0.426 e. The van der Waals surface area contributed by atoms with Crippen LogP contribution in [0.4, 0.5) is 26.3 Å². The number of alkyl halides is 6. The van der Waals surface area contributed by atoms with E-state index >= 15 is 0 Å². The molecule has 0 aliphatic rings. The molecule has 0 aromatic rings. The van der Waals surface area contributed by atoms with Crippen molar-refractivity contribution in [3.8, 4) is 0 Å². The van der Waals surface area contributed by atoms with Gasteiger partial charge >= 0.3 is 18.3 Å². The number of esters is 1. The molecule has 0 fully saturated rings. The summed E-state index contributed by atoms with van der Waals surface area (Å²) in [5, 5.41) is 9.18. The molecule has 3 nitrogen and oxygen atoms in total. The van der Waals surface area contributed by atoms with E-state index in [0.29, 0.717) is 6.42 Å². The van der Waals surface area contributed by atoms with E-state index in [1.165, 1.54) is 0 Å². The second kappa shape index (κ2) is 7.72. The van der Waals surface area contributed by atoms with Crippen LogP contribution in [-0.4, -0.2) is 35.1 Å². The van der Waals surface area contributed by atoms with Crippen LogP contribution in [0, 0.1) is 17.3 Å². The Morgan fingerprint density at radius 2 is 1.32 bits per heavy atom. The van der Waals surface area contributed by atoms with Crippen molar-refractivity contribution in [1.82, 2.24) is 0 Å². The van der Waals surface area contributed by atoms with Crippen LogP contribution in [0.3, 0.4) is 0 Å². The van der Waals surface area contributed by atoms with Crippen molar-refractivity contribution >= 4 is 5.97 Å². The number of ether oxygens (including phenoxy) is 1. The number of halogens is 6. The predicted octanol–water partition coefficient (Wildman–Crippen LogP) is 4.87. The Morgan fingerprint density at radius 3 is 1.60 bits per heavy atom. The molecular formula is C16H26F6O3. The van der Waals surface area contributed by atoms with Crippen LogP contribution in [0.2, 0.25) is 0 Å². The average Bonchev–Trinajstić information content (AvgIpc) is 2.34. The minimum atomic E-state index is -5.94. The molecule has 0 aliphatic carbocycles. The van der Waals surface area contributed by atoms with Gasteiger partial charge in [-0.3, -0.25) is 4.79 Å². The van der Waals surface area contributed by atoms with Gasteiger partial charge in [-0.1, -0.05) is 27.7 Å². The Bertz CT molecular complexity index is 442. The third-order valence-corrected chi connectivity index (χ3v) is 4.40. The normalized spacial score (nSPS) is 17.6. The van der Waals surface area contributed by atoms with Gasteiger partial charge < -0.3 is 9.84 Å². The molecule has 0 aromatic carbocycles. The molecule has 150 valence electrons. The van der Waals surface area contributed by atoms with E-state index in [-0.39, 0.29) is 11.8 Å². The van der Waals surface area contributed by atoms with Gasteiger partial charge in [-0.05, 0) is 32.1 Å². The maximum Gasteiger partial charge on any atom is 0.426 e. The average molecular weight is 380 g/mol. The van der Waals surface area contributed by atoms with E-state index in [4.69, 9.17) is 4.74 Å². The maximum absolute atomic E-state index is 12.7. The van der Waals surface area contributed by atoms with Gasteiger partial charge in [0.1, 0.15) is 6.10 Å². The molecule has 0 spiro atoms. The van der Waals surface area contributed by atoms with E-state index in [2.05, 4.69) is 0 Å². The summed E-state index contributed by atoms with van der Waals surface area (Å²) < 4.78 is 81.2. The summed E-state index contributed by atoms with van der Waals surface area (Å²) in [6, 6.07) is 0. The third kappa shape index (κ3) is 5.49. The highest BCUT2D eigenvalue weighted by Gasteiger charge is 2.70. The van der Waals surface area contributed by atoms with E-state index in [1.807, 2.05) is 13.8 Å². The number of rotatable bonds is 7. The zero-order valence-electron chi connectivity index (χ0n) is 15.2. The predicted molar refractivity (Wildman–Crippen MR) is 79.6 cm³/mol. The molecule has 0 amide bonds. The quantitative estimate of drug-likeness (QED) is 0.506. The van der Waals surface area contributed by atoms with Gasteiger partial charge in [-0.25, -0.2) is 0 Å². The van der Waals surface area contributed by atoms with E-state index in [1.54, 1.807) is 20.8 Å². The van der Waals surface area contributed by atoms with Crippen molar-refractivity contribution in [1.29, 1.82) is 0 Å². The first kappa shape index (κ1) is 24.0. The summed E-state index contributed by atoms with van der Waals surface area (Å²) in [5.74, 6) is -1.05. The summed E-state index contributed by atoms with van der Waals surface area (Å²) >= 11 is 0. The fourth-order valence-corrected chi connectivity index (χ4v) is 2.57. The van der Waals surface area contributed by atoms with Crippen LogP contribution in [0.25, 0.3) is 0 Å². The lowest BCUT2D eigenvalue weighted by molar-refractivity contribution is -0.373. The second-order valence-corrected chi connectivity index (χ2v) is 7.45. The van der Waals surface area contributed by atoms with Gasteiger partial charge in [-0.2, -0.15) is 26.3 Å². The standard InChI is InChI=1S/C16H26F6O3/c1-9(2)7-13(6,10(3)4)12(23)25-11(5)8-14(24,15(17,18)19)16(20,21)22/h9-11,24H,7-8H2,1-6H3/t11-,13?/m1/s1. The molecule has 2 atom stereocenters. The molecule has 0 bridgehead atoms. The summed E-state index contributed by atoms with van der Waals surface area (Å²) in [4.78, 5) is 12.4. The molecule has 1 N–H and O–H groups in total. The van der Waals surface area contributed by atoms with Crippen molar-refractivity contribution in [3.05, 3.63) is 0 Å². The van der Waals surface area contributed by atoms with Gasteiger partial charge in [0.05, 0.1) is 5.41 Å². The summed E-state index contributed by atoms with van der Waals surface area (Å²) in [6.07, 6.45) is -15.1. The van der Waals surface area contributed by atoms with Gasteiger partial charge in [0.2, 0.25) is 0 Å². The van der Waals surface area contributed by atoms with Gasteiger partial charge in [-0.15, -0.1) is 0 Å². The van der Waals surface area contributed by atoms with Gasteiger partial charge in [0.25, 0.3) is 5.60 Å². The number of carbonyl (C=O) groups is 1. The molecule has 1 unspecified atom stereocenters. The topological polar surface area (TPSA) is 46.5 Å². The van der Waals surface area contributed by atoms with E-state index in [9.17, 15) is 36.2 Å². The highest BCUT2D eigenvalue weighted by molar-refractivity contribution is 5.76. The molecule has 0 aromatic heterocycles. The largest absolute Gasteiger partial charge is 0.462 e. The zero-order valence-corrected chi connectivity index (χ0v) is 15.2. The Kier molecular flexibility index (Phi) is 7.41. The molecular weight excluding hydrogens is 354 g/mol. The first-order valence-corrected chi connectivity index (χ1v) is 7.95. The Morgan fingerprint density at radius 1 is 0.920 bits per heavy atom. The SMILES string of the molecule is CC(C)CC(C)(C(=O)O[C@H](C)CC(O)(C(F)(F)F)C(F)(F)F)C(C)C. The zero-order chi connectivity index (χ0) is 20.4. The fourth-order valence-electron chi connectivity index (χ4n) is 2.57. The van der Waals surface area contributed by atoms with Gasteiger partial charge in [0, 0.05) is 6.42 Å². The number of aliphatic hydroxyl groups is 1. The molecule has 9 heteroatoms. The molecule has 0 rings (SSSR count). The van der Waals surface area contributed by atoms with Gasteiger partial charge in [0.15, 0.2) is 0 Å². The molecule has 0 radical (unpaired) electrons. The highest BCUT2D eigenvalue weighted by Crippen LogP contribution is 2.46. The Hall–Kier alpha value is -0.990. The summed E-state index contributed by atoms with van der Waals surface area (Å²) in [6.45, 7) is 9.57. The number of hydrogen-bond acceptors (Lipinski definition) is 3. The Labute approximate surface area is 143 Å². The summed E-state index contributed by atoms with van der Waals surface area (Å²) in [5.41, 5.74) is -6.00. The molecule has 0 saturated heterocycles. The minimum Gasteiger partial charge on any atom is -0.462 e. The van der Waals surface area contributed by atoms with Crippen molar-refractivity contribution in [2.24, 2.45) is 17.3 Å². The fraction of sp³-hybridized carbons (Fsp3) is 0.938. The number of hydrogen-bond donors (Lipinski definition) is 1. The van der Waals surface area contributed by atoms with Crippen LogP contribution in [0.5, 0.6) is 0 Å². The molecule has 0 aliphatic heterocycles. The lowest BCUT2D eigenvalue weighted by Crippen LogP contribution is -2.58. The van der Waals surface area contributed by atoms with Crippen LogP contribution in [-0.2, 0) is 9.53 Å². The van der Waals surface area contributed by atoms with E-state index < -0.39 is 41.9 Å². The molecule has 0 saturated carbocycles. The van der Waals surface area contributed by atoms with Crippen molar-refractivity contribution in [3.63, 3.8) is 0 Å². The first-order chi connectivity index (χ1) is 10.9. The summed E-state index contributed by atoms with van der Waals surface area (Å²) in [7, 11) is 0. The third-order valence-electron chi connectivity index (χ3n) is 4.40. The highest BCUT2D eigenvalue weighted by atomic mass is 19.4. The Balaban J connectivity index is 5.38. The lowest BCUT2D eigenvalue weighted by Gasteiger charge is -2.37. The monoisotopic (exact) mass is 380 g/mol. The van der Waals surface area contributed by atoms with Crippen molar-refractivity contribution < 1.29 is 41.0 Å². The van der Waals surface area contributed by atoms with E-state index in [0.717, 1.165) is 6.92 Å². The first-order valence-electron chi connectivity index (χ1n) is 7.95. The molecule has 25 heavy (non-hydrogen) atoms. The van der Waals surface area contributed by atoms with Crippen molar-refractivity contribution in [2.45, 2.75) is 78.4 Å². The van der Waals surface area contributed by atoms with Crippen LogP contribution in [0.15, 0.2) is 0 Å². The minimum absolute atomic E-state index is 0.0672. The number of carbonyl (C=O) groups excluding carboxylic acids is 1. The van der Waals surface area contributed by atoms with Crippen LogP contribution >= 0.6 is 0 Å². The van der Waals surface area contributed by atoms with Crippen LogP contribution < -0.4 is 0 Å². The van der Waals surface area contributed by atoms with Crippen LogP contribution in [0.1, 0.15) is 54.4 Å². The second-order valence-electron chi connectivity index (χ2n) is 7.45. The maximum atomic E-state index is 12.7. The van der Waals surface area contributed by atoms with Crippen molar-refractivity contribution in [2.75, 3.05) is 0 Å². The lowest BCUT2D eigenvalue weighted by atomic mass is 9.73.